The van der Waals surface area contributed by atoms with Crippen molar-refractivity contribution in [3.05, 3.63) is 23.8 Å². The highest BCUT2D eigenvalue weighted by Gasteiger charge is 2.49. The van der Waals surface area contributed by atoms with Crippen molar-refractivity contribution in [1.29, 1.82) is 0 Å². The van der Waals surface area contributed by atoms with Crippen LogP contribution in [0.25, 0.3) is 0 Å². The third-order valence-electron chi connectivity index (χ3n) is 3.98. The molecule has 0 bridgehead atoms. The molecule has 1 aromatic rings. The minimum Gasteiger partial charge on any atom is -0.492 e. The van der Waals surface area contributed by atoms with Crippen LogP contribution in [-0.4, -0.2) is 44.6 Å². The average Bonchev–Trinajstić information content (AvgIpc) is 2.53. The van der Waals surface area contributed by atoms with Crippen molar-refractivity contribution < 1.29 is 30.5 Å². The van der Waals surface area contributed by atoms with Gasteiger partial charge < -0.3 is 8.92 Å². The number of rotatable bonds is 7. The van der Waals surface area contributed by atoms with Crippen LogP contribution in [0, 0.1) is 0 Å². The van der Waals surface area contributed by atoms with E-state index in [4.69, 9.17) is 4.74 Å². The molecule has 5 nitrogen and oxygen atoms in total. The van der Waals surface area contributed by atoms with Gasteiger partial charge in [-0.05, 0) is 44.5 Å². The molecule has 142 valence electrons. The van der Waals surface area contributed by atoms with E-state index in [1.54, 1.807) is 6.07 Å². The Balaban J connectivity index is 2.28. The summed E-state index contributed by atoms with van der Waals surface area (Å²) < 4.78 is 70.5. The monoisotopic (exact) mass is 381 g/mol. The van der Waals surface area contributed by atoms with E-state index in [0.29, 0.717) is 24.3 Å². The quantitative estimate of drug-likeness (QED) is 0.536. The molecular weight excluding hydrogens is 359 g/mol. The van der Waals surface area contributed by atoms with Crippen LogP contribution >= 0.6 is 0 Å². The number of halogens is 3. The van der Waals surface area contributed by atoms with E-state index in [-0.39, 0.29) is 11.8 Å². The molecular formula is C16H22F3NO4S. The second-order valence-corrected chi connectivity index (χ2v) is 7.46. The van der Waals surface area contributed by atoms with E-state index in [2.05, 4.69) is 9.08 Å². The standard InChI is InChI=1S/C16H22F3NO4S/c1-3-8-20(9-4-2)12-10-13-14(23-11-12)6-5-7-15(13)24-25(21,22)16(17,18)19/h5-7,12H,3-4,8-11H2,1-2H3. The Labute approximate surface area is 145 Å². The molecule has 1 aromatic carbocycles. The fourth-order valence-corrected chi connectivity index (χ4v) is 3.38. The van der Waals surface area contributed by atoms with Crippen molar-refractivity contribution in [2.24, 2.45) is 0 Å². The van der Waals surface area contributed by atoms with E-state index in [9.17, 15) is 21.6 Å². The highest BCUT2D eigenvalue weighted by Crippen LogP contribution is 2.36. The van der Waals surface area contributed by atoms with Crippen LogP contribution in [0.1, 0.15) is 32.3 Å². The largest absolute Gasteiger partial charge is 0.534 e. The molecule has 0 amide bonds. The molecule has 1 aliphatic heterocycles. The van der Waals surface area contributed by atoms with Gasteiger partial charge in [-0.3, -0.25) is 4.90 Å². The lowest BCUT2D eigenvalue weighted by molar-refractivity contribution is -0.0500. The predicted octanol–water partition coefficient (Wildman–Crippen LogP) is 3.34. The van der Waals surface area contributed by atoms with Crippen LogP contribution < -0.4 is 8.92 Å². The molecule has 1 unspecified atom stereocenters. The topological polar surface area (TPSA) is 55.8 Å². The number of benzene rings is 1. The van der Waals surface area contributed by atoms with E-state index in [1.165, 1.54) is 12.1 Å². The molecule has 0 saturated carbocycles. The van der Waals surface area contributed by atoms with Crippen molar-refractivity contribution in [3.8, 4) is 11.5 Å². The maximum Gasteiger partial charge on any atom is 0.534 e. The lowest BCUT2D eigenvalue weighted by Crippen LogP contribution is -2.44. The van der Waals surface area contributed by atoms with Crippen LogP contribution in [0.3, 0.4) is 0 Å². The number of ether oxygens (including phenoxy) is 1. The number of nitrogens with zero attached hydrogens (tertiary/aromatic N) is 1. The van der Waals surface area contributed by atoms with E-state index < -0.39 is 15.6 Å². The van der Waals surface area contributed by atoms with Gasteiger partial charge in [0, 0.05) is 11.6 Å². The zero-order chi connectivity index (χ0) is 18.7. The van der Waals surface area contributed by atoms with Gasteiger partial charge >= 0.3 is 15.6 Å². The van der Waals surface area contributed by atoms with Gasteiger partial charge in [0.2, 0.25) is 0 Å². The molecule has 25 heavy (non-hydrogen) atoms. The van der Waals surface area contributed by atoms with Gasteiger partial charge in [-0.15, -0.1) is 0 Å². The normalized spacial score (nSPS) is 17.9. The molecule has 1 heterocycles. The summed E-state index contributed by atoms with van der Waals surface area (Å²) in [5, 5.41) is 0. The summed E-state index contributed by atoms with van der Waals surface area (Å²) in [7, 11) is -5.71. The Kier molecular flexibility index (Phi) is 6.21. The molecule has 0 N–H and O–H groups in total. The Morgan fingerprint density at radius 2 is 1.88 bits per heavy atom. The Bertz CT molecular complexity index is 685. The second-order valence-electron chi connectivity index (χ2n) is 5.92. The Morgan fingerprint density at radius 3 is 2.44 bits per heavy atom. The second kappa shape index (κ2) is 7.82. The van der Waals surface area contributed by atoms with E-state index >= 15 is 0 Å². The van der Waals surface area contributed by atoms with Crippen LogP contribution in [0.15, 0.2) is 18.2 Å². The predicted molar refractivity (Wildman–Crippen MR) is 87.2 cm³/mol. The summed E-state index contributed by atoms with van der Waals surface area (Å²) >= 11 is 0. The molecule has 0 aliphatic carbocycles. The molecule has 0 saturated heterocycles. The van der Waals surface area contributed by atoms with Gasteiger partial charge in [0.1, 0.15) is 18.1 Å². The zero-order valence-electron chi connectivity index (χ0n) is 14.2. The number of hydrogen-bond acceptors (Lipinski definition) is 5. The zero-order valence-corrected chi connectivity index (χ0v) is 15.0. The summed E-state index contributed by atoms with van der Waals surface area (Å²) in [6.07, 6.45) is 2.24. The highest BCUT2D eigenvalue weighted by atomic mass is 32.2. The number of hydrogen-bond donors (Lipinski definition) is 0. The minimum atomic E-state index is -5.71. The minimum absolute atomic E-state index is 0.0364. The summed E-state index contributed by atoms with van der Waals surface area (Å²) in [4.78, 5) is 2.21. The third kappa shape index (κ3) is 4.58. The van der Waals surface area contributed by atoms with Crippen LogP contribution in [0.2, 0.25) is 0 Å². The van der Waals surface area contributed by atoms with Gasteiger partial charge in [-0.2, -0.15) is 21.6 Å². The molecule has 0 spiro atoms. The molecule has 1 aliphatic rings. The SMILES string of the molecule is CCCN(CCC)C1COc2cccc(OS(=O)(=O)C(F)(F)F)c2C1. The molecule has 9 heteroatoms. The van der Waals surface area contributed by atoms with Crippen LogP contribution in [0.5, 0.6) is 11.5 Å². The third-order valence-corrected chi connectivity index (χ3v) is 4.95. The molecule has 0 radical (unpaired) electrons. The van der Waals surface area contributed by atoms with Gasteiger partial charge in [0.05, 0.1) is 0 Å². The first-order valence-corrected chi connectivity index (χ1v) is 9.60. The van der Waals surface area contributed by atoms with Crippen LogP contribution in [-0.2, 0) is 16.5 Å². The maximum absolute atomic E-state index is 12.6. The fraction of sp³-hybridized carbons (Fsp3) is 0.625. The van der Waals surface area contributed by atoms with Crippen LogP contribution in [0.4, 0.5) is 13.2 Å². The molecule has 1 atom stereocenters. The molecule has 0 aromatic heterocycles. The molecule has 2 rings (SSSR count). The first-order valence-electron chi connectivity index (χ1n) is 8.19. The Morgan fingerprint density at radius 1 is 1.24 bits per heavy atom. The van der Waals surface area contributed by atoms with Gasteiger partial charge in [0.15, 0.2) is 0 Å². The molecule has 0 fully saturated rings. The first kappa shape index (κ1) is 19.8. The first-order chi connectivity index (χ1) is 11.7. The smallest absolute Gasteiger partial charge is 0.492 e. The van der Waals surface area contributed by atoms with E-state index in [1.807, 2.05) is 13.8 Å². The van der Waals surface area contributed by atoms with Crippen molar-refractivity contribution >= 4 is 10.1 Å². The lowest BCUT2D eigenvalue weighted by atomic mass is 10.00. The average molecular weight is 381 g/mol. The van der Waals surface area contributed by atoms with E-state index in [0.717, 1.165) is 25.9 Å². The summed E-state index contributed by atoms with van der Waals surface area (Å²) in [6, 6.07) is 4.20. The van der Waals surface area contributed by atoms with Crippen molar-refractivity contribution in [1.82, 2.24) is 4.90 Å². The van der Waals surface area contributed by atoms with Crippen molar-refractivity contribution in [3.63, 3.8) is 0 Å². The summed E-state index contributed by atoms with van der Waals surface area (Å²) in [5.41, 5.74) is -5.12. The van der Waals surface area contributed by atoms with Crippen molar-refractivity contribution in [2.75, 3.05) is 19.7 Å². The Hall–Kier alpha value is -1.48. The van der Waals surface area contributed by atoms with Gasteiger partial charge in [-0.25, -0.2) is 0 Å². The fourth-order valence-electron chi connectivity index (χ4n) is 2.89. The summed E-state index contributed by atoms with van der Waals surface area (Å²) in [5.74, 6) is 0.0338. The number of fused-ring (bicyclic) bond motifs is 1. The van der Waals surface area contributed by atoms with Gasteiger partial charge in [-0.1, -0.05) is 19.9 Å². The summed E-state index contributed by atoms with van der Waals surface area (Å²) in [6.45, 7) is 6.17. The number of alkyl halides is 3. The maximum atomic E-state index is 12.6. The lowest BCUT2D eigenvalue weighted by Gasteiger charge is -2.35. The van der Waals surface area contributed by atoms with Gasteiger partial charge in [0.25, 0.3) is 0 Å². The highest BCUT2D eigenvalue weighted by molar-refractivity contribution is 7.88. The van der Waals surface area contributed by atoms with Crippen molar-refractivity contribution in [2.45, 2.75) is 44.7 Å².